The molecule has 5 rings (SSSR count). The van der Waals surface area contributed by atoms with E-state index in [-0.39, 0.29) is 17.4 Å². The largest absolute Gasteiger partial charge is 0.593 e. The minimum absolute atomic E-state index is 0.0621. The normalized spacial score (nSPS) is 21.2. The third-order valence-electron chi connectivity index (χ3n) is 8.56. The number of likely N-dealkylation sites (tertiary alicyclic amines) is 1. The van der Waals surface area contributed by atoms with Crippen LogP contribution in [-0.4, -0.2) is 41.3 Å². The number of carbonyl (C=O) groups excluding carboxylic acids is 1. The standard InChI is InChI=1S/C29H35ClF2N2O3S/c1-18(21-9-23(30)12-24(31)10-21)34-7-5-29(6-8-34)14-19(15-29)16-37-17-22-11-27(32)26(28(35)33-38(2)36)13-25(22)20-3-4-20/h9-13,18-20H,3-8,14-17H2,1-2H3,(H,33,35). The molecule has 0 bridgehead atoms. The first-order valence-electron chi connectivity index (χ1n) is 13.4. The molecule has 1 heterocycles. The van der Waals surface area contributed by atoms with Crippen LogP contribution in [0.3, 0.4) is 0 Å². The number of amides is 1. The Hall–Kier alpha value is -1.71. The van der Waals surface area contributed by atoms with Crippen molar-refractivity contribution in [2.75, 3.05) is 26.0 Å². The lowest BCUT2D eigenvalue weighted by Gasteiger charge is -2.53. The molecule has 1 N–H and O–H groups in total. The van der Waals surface area contributed by atoms with Gasteiger partial charge in [0.25, 0.3) is 5.91 Å². The number of ether oxygens (including phenoxy) is 1. The van der Waals surface area contributed by atoms with Crippen LogP contribution in [0, 0.1) is 23.0 Å². The number of piperidine rings is 1. The van der Waals surface area contributed by atoms with E-state index in [4.69, 9.17) is 16.3 Å². The summed E-state index contributed by atoms with van der Waals surface area (Å²) in [6.45, 7) is 5.06. The van der Waals surface area contributed by atoms with E-state index in [2.05, 4.69) is 16.5 Å². The van der Waals surface area contributed by atoms with Crippen LogP contribution in [0.15, 0.2) is 30.3 Å². The first kappa shape index (κ1) is 27.8. The highest BCUT2D eigenvalue weighted by atomic mass is 35.5. The van der Waals surface area contributed by atoms with Gasteiger partial charge in [0.2, 0.25) is 0 Å². The molecule has 1 saturated heterocycles. The van der Waals surface area contributed by atoms with E-state index in [0.717, 1.165) is 68.3 Å². The highest BCUT2D eigenvalue weighted by molar-refractivity contribution is 7.89. The molecular formula is C29H35ClF2N2O3S. The topological polar surface area (TPSA) is 64.6 Å². The molecule has 1 spiro atoms. The summed E-state index contributed by atoms with van der Waals surface area (Å²) in [6.07, 6.45) is 7.91. The molecule has 3 aliphatic rings. The highest BCUT2D eigenvalue weighted by Gasteiger charge is 2.46. The molecule has 2 unspecified atom stereocenters. The molecule has 3 fully saturated rings. The van der Waals surface area contributed by atoms with Crippen LogP contribution in [0.5, 0.6) is 0 Å². The van der Waals surface area contributed by atoms with E-state index in [9.17, 15) is 18.1 Å². The highest BCUT2D eigenvalue weighted by Crippen LogP contribution is 2.53. The lowest BCUT2D eigenvalue weighted by molar-refractivity contribution is -0.0581. The molecule has 2 aliphatic carbocycles. The molecule has 5 nitrogen and oxygen atoms in total. The quantitative estimate of drug-likeness (QED) is 0.364. The fourth-order valence-corrected chi connectivity index (χ4v) is 6.93. The average Bonchev–Trinajstić information content (AvgIpc) is 3.67. The zero-order chi connectivity index (χ0) is 27.0. The number of carbonyl (C=O) groups is 1. The van der Waals surface area contributed by atoms with E-state index < -0.39 is 23.1 Å². The summed E-state index contributed by atoms with van der Waals surface area (Å²) in [7, 11) is 0. The lowest BCUT2D eigenvalue weighted by Crippen LogP contribution is -2.48. The maximum absolute atomic E-state index is 14.7. The molecule has 0 aromatic heterocycles. The van der Waals surface area contributed by atoms with Crippen LogP contribution in [0.25, 0.3) is 0 Å². The van der Waals surface area contributed by atoms with Crippen molar-refractivity contribution < 1.29 is 22.9 Å². The number of hydrogen-bond donors (Lipinski definition) is 1. The third-order valence-corrected chi connectivity index (χ3v) is 9.25. The molecule has 1 aliphatic heterocycles. The van der Waals surface area contributed by atoms with E-state index >= 15 is 0 Å². The van der Waals surface area contributed by atoms with Crippen LogP contribution >= 0.6 is 11.6 Å². The van der Waals surface area contributed by atoms with E-state index in [1.165, 1.54) is 18.4 Å². The number of hydrogen-bond acceptors (Lipinski definition) is 4. The van der Waals surface area contributed by atoms with Gasteiger partial charge < -0.3 is 9.29 Å². The Balaban J connectivity index is 1.10. The van der Waals surface area contributed by atoms with Crippen LogP contribution in [0.1, 0.15) is 84.5 Å². The fraction of sp³-hybridized carbons (Fsp3) is 0.552. The van der Waals surface area contributed by atoms with E-state index in [0.29, 0.717) is 35.5 Å². The smallest absolute Gasteiger partial charge is 0.295 e. The molecule has 2 aromatic carbocycles. The van der Waals surface area contributed by atoms with Crippen molar-refractivity contribution in [3.63, 3.8) is 0 Å². The molecule has 38 heavy (non-hydrogen) atoms. The first-order chi connectivity index (χ1) is 18.1. The van der Waals surface area contributed by atoms with Crippen LogP contribution < -0.4 is 4.72 Å². The number of benzene rings is 2. The maximum Gasteiger partial charge on any atom is 0.295 e. The summed E-state index contributed by atoms with van der Waals surface area (Å²) in [4.78, 5) is 14.7. The number of halogens is 3. The summed E-state index contributed by atoms with van der Waals surface area (Å²) in [5.41, 5.74) is 2.98. The van der Waals surface area contributed by atoms with Crippen molar-refractivity contribution in [3.8, 4) is 0 Å². The molecule has 206 valence electrons. The summed E-state index contributed by atoms with van der Waals surface area (Å²) >= 11 is 4.51. The molecule has 0 radical (unpaired) electrons. The summed E-state index contributed by atoms with van der Waals surface area (Å²) in [5, 5.41) is 0.435. The molecule has 2 atom stereocenters. The van der Waals surface area contributed by atoms with Gasteiger partial charge in [-0.1, -0.05) is 11.6 Å². The van der Waals surface area contributed by atoms with Gasteiger partial charge in [-0.3, -0.25) is 9.69 Å². The van der Waals surface area contributed by atoms with Crippen molar-refractivity contribution in [3.05, 3.63) is 69.2 Å². The van der Waals surface area contributed by atoms with Gasteiger partial charge in [-0.05, 0) is 123 Å². The molecule has 2 aromatic rings. The second kappa shape index (κ2) is 11.4. The molecule has 9 heteroatoms. The summed E-state index contributed by atoms with van der Waals surface area (Å²) in [6, 6.07) is 7.92. The van der Waals surface area contributed by atoms with Gasteiger partial charge in [0.05, 0.1) is 23.5 Å². The lowest BCUT2D eigenvalue weighted by atomic mass is 9.57. The van der Waals surface area contributed by atoms with Gasteiger partial charge in [0.15, 0.2) is 0 Å². The minimum Gasteiger partial charge on any atom is -0.593 e. The number of nitrogens with one attached hydrogen (secondary N) is 1. The Morgan fingerprint density at radius 2 is 1.92 bits per heavy atom. The Kier molecular flexibility index (Phi) is 8.36. The first-order valence-corrected chi connectivity index (χ1v) is 15.3. The second-order valence-corrected chi connectivity index (χ2v) is 12.9. The monoisotopic (exact) mass is 564 g/mol. The Labute approximate surface area is 231 Å². The zero-order valence-electron chi connectivity index (χ0n) is 21.9. The van der Waals surface area contributed by atoms with E-state index in [1.54, 1.807) is 12.1 Å². The van der Waals surface area contributed by atoms with Gasteiger partial charge in [-0.15, -0.1) is 0 Å². The van der Waals surface area contributed by atoms with Gasteiger partial charge in [-0.25, -0.2) is 8.78 Å². The van der Waals surface area contributed by atoms with Crippen molar-refractivity contribution in [2.24, 2.45) is 11.3 Å². The van der Waals surface area contributed by atoms with E-state index in [1.807, 2.05) is 6.07 Å². The fourth-order valence-electron chi connectivity index (χ4n) is 6.33. The Bertz CT molecular complexity index is 1160. The minimum atomic E-state index is -1.55. The van der Waals surface area contributed by atoms with Gasteiger partial charge >= 0.3 is 0 Å². The average molecular weight is 565 g/mol. The third kappa shape index (κ3) is 6.36. The van der Waals surface area contributed by atoms with Crippen molar-refractivity contribution in [1.29, 1.82) is 0 Å². The predicted octanol–water partition coefficient (Wildman–Crippen LogP) is 6.29. The predicted molar refractivity (Wildman–Crippen MR) is 145 cm³/mol. The molecule has 2 saturated carbocycles. The SMILES string of the molecule is CC(c1cc(F)cc(Cl)c1)N1CCC2(CC1)CC(COCc1cc(F)c(C(=O)N[S+](C)[O-])cc1C1CC1)C2. The Morgan fingerprint density at radius 1 is 1.21 bits per heavy atom. The number of rotatable bonds is 9. The maximum atomic E-state index is 14.7. The van der Waals surface area contributed by atoms with Crippen LogP contribution in [0.4, 0.5) is 8.78 Å². The summed E-state index contributed by atoms with van der Waals surface area (Å²) in [5.74, 6) is -0.731. The van der Waals surface area contributed by atoms with Gasteiger partial charge in [-0.2, -0.15) is 4.72 Å². The second-order valence-electron chi connectivity index (χ2n) is 11.4. The number of nitrogens with zero attached hydrogens (tertiary/aromatic N) is 1. The van der Waals surface area contributed by atoms with Gasteiger partial charge in [0, 0.05) is 17.7 Å². The zero-order valence-corrected chi connectivity index (χ0v) is 23.5. The summed E-state index contributed by atoms with van der Waals surface area (Å²) < 4.78 is 48.2. The molecule has 1 amide bonds. The van der Waals surface area contributed by atoms with Crippen molar-refractivity contribution in [2.45, 2.75) is 64.0 Å². The Morgan fingerprint density at radius 3 is 2.55 bits per heavy atom. The van der Waals surface area contributed by atoms with Crippen molar-refractivity contribution in [1.82, 2.24) is 9.62 Å². The van der Waals surface area contributed by atoms with Crippen LogP contribution in [0.2, 0.25) is 5.02 Å². The molecular weight excluding hydrogens is 530 g/mol. The van der Waals surface area contributed by atoms with Gasteiger partial charge in [0.1, 0.15) is 17.9 Å². The van der Waals surface area contributed by atoms with Crippen molar-refractivity contribution >= 4 is 28.9 Å². The van der Waals surface area contributed by atoms with Crippen LogP contribution in [-0.2, 0) is 22.7 Å².